The number of hydrogen-bond donors (Lipinski definition) is 1. The number of rotatable bonds is 3. The van der Waals surface area contributed by atoms with Gasteiger partial charge in [-0.15, -0.1) is 0 Å². The number of benzene rings is 1. The van der Waals surface area contributed by atoms with Gasteiger partial charge in [0.1, 0.15) is 0 Å². The number of aliphatic carboxylic acids is 1. The molecule has 1 aliphatic carbocycles. The molecule has 0 amide bonds. The highest BCUT2D eigenvalue weighted by molar-refractivity contribution is 5.73. The molecule has 1 aromatic carbocycles. The maximum Gasteiger partial charge on any atom is 0.306 e. The summed E-state index contributed by atoms with van der Waals surface area (Å²) in [6.07, 6.45) is 1.77. The van der Waals surface area contributed by atoms with Gasteiger partial charge >= 0.3 is 5.97 Å². The second-order valence-electron chi connectivity index (χ2n) is 5.02. The zero-order valence-electron chi connectivity index (χ0n) is 10.1. The van der Waals surface area contributed by atoms with Crippen LogP contribution in [0.1, 0.15) is 28.7 Å². The lowest BCUT2D eigenvalue weighted by Crippen LogP contribution is -2.03. The average molecular weight is 218 g/mol. The third kappa shape index (κ3) is 2.11. The normalized spacial score (nSPS) is 23.2. The second-order valence-corrected chi connectivity index (χ2v) is 5.02. The summed E-state index contributed by atoms with van der Waals surface area (Å²) in [5, 5.41) is 8.88. The number of aryl methyl sites for hydroxylation is 3. The number of carboxylic acids is 1. The van der Waals surface area contributed by atoms with Crippen LogP contribution in [0.3, 0.4) is 0 Å². The van der Waals surface area contributed by atoms with E-state index in [1.165, 1.54) is 22.3 Å². The van der Waals surface area contributed by atoms with Crippen molar-refractivity contribution in [3.8, 4) is 0 Å². The second kappa shape index (κ2) is 3.93. The van der Waals surface area contributed by atoms with E-state index < -0.39 is 5.97 Å². The van der Waals surface area contributed by atoms with Gasteiger partial charge < -0.3 is 5.11 Å². The third-order valence-corrected chi connectivity index (χ3v) is 3.55. The topological polar surface area (TPSA) is 37.3 Å². The van der Waals surface area contributed by atoms with Gasteiger partial charge in [0, 0.05) is 0 Å². The largest absolute Gasteiger partial charge is 0.481 e. The molecule has 0 aromatic heterocycles. The van der Waals surface area contributed by atoms with Crippen LogP contribution < -0.4 is 0 Å². The molecule has 86 valence electrons. The monoisotopic (exact) mass is 218 g/mol. The molecule has 0 bridgehead atoms. The van der Waals surface area contributed by atoms with E-state index in [1.54, 1.807) is 0 Å². The van der Waals surface area contributed by atoms with E-state index in [4.69, 9.17) is 5.11 Å². The molecule has 16 heavy (non-hydrogen) atoms. The first-order valence-electron chi connectivity index (χ1n) is 5.78. The van der Waals surface area contributed by atoms with Crippen molar-refractivity contribution in [1.82, 2.24) is 0 Å². The van der Waals surface area contributed by atoms with Crippen molar-refractivity contribution in [3.63, 3.8) is 0 Å². The SMILES string of the molecule is Cc1cc(C)c(C[C@@H]2C[C@H]2C(=O)O)c(C)c1. The van der Waals surface area contributed by atoms with Crippen LogP contribution in [0, 0.1) is 32.6 Å². The molecule has 0 unspecified atom stereocenters. The van der Waals surface area contributed by atoms with Crippen LogP contribution in [-0.4, -0.2) is 11.1 Å². The number of carboxylic acid groups (broad SMARTS) is 1. The van der Waals surface area contributed by atoms with Crippen molar-refractivity contribution in [2.45, 2.75) is 33.6 Å². The summed E-state index contributed by atoms with van der Waals surface area (Å²) >= 11 is 0. The Morgan fingerprint density at radius 1 is 1.31 bits per heavy atom. The molecule has 0 aliphatic heterocycles. The minimum atomic E-state index is -0.632. The number of hydrogen-bond acceptors (Lipinski definition) is 1. The minimum absolute atomic E-state index is 0.0971. The standard InChI is InChI=1S/C14H18O2/c1-8-4-9(2)12(10(3)5-8)6-11-7-13(11)14(15)16/h4-5,11,13H,6-7H2,1-3H3,(H,15,16)/t11-,13-/m1/s1. The first-order chi connectivity index (χ1) is 7.49. The van der Waals surface area contributed by atoms with Crippen molar-refractivity contribution in [2.24, 2.45) is 11.8 Å². The van der Waals surface area contributed by atoms with Gasteiger partial charge in [-0.25, -0.2) is 0 Å². The van der Waals surface area contributed by atoms with E-state index in [0.717, 1.165) is 12.8 Å². The van der Waals surface area contributed by atoms with Gasteiger partial charge in [0.25, 0.3) is 0 Å². The summed E-state index contributed by atoms with van der Waals surface area (Å²) in [6.45, 7) is 6.34. The fourth-order valence-electron chi connectivity index (χ4n) is 2.57. The lowest BCUT2D eigenvalue weighted by atomic mass is 9.95. The highest BCUT2D eigenvalue weighted by atomic mass is 16.4. The van der Waals surface area contributed by atoms with Gasteiger partial charge in [0.15, 0.2) is 0 Å². The van der Waals surface area contributed by atoms with Gasteiger partial charge in [-0.05, 0) is 56.2 Å². The Bertz CT molecular complexity index is 411. The molecule has 0 heterocycles. The summed E-state index contributed by atoms with van der Waals surface area (Å²) < 4.78 is 0. The molecule has 2 rings (SSSR count). The van der Waals surface area contributed by atoms with E-state index in [9.17, 15) is 4.79 Å². The zero-order valence-corrected chi connectivity index (χ0v) is 10.1. The Morgan fingerprint density at radius 3 is 2.31 bits per heavy atom. The first-order valence-corrected chi connectivity index (χ1v) is 5.78. The van der Waals surface area contributed by atoms with Crippen molar-refractivity contribution < 1.29 is 9.90 Å². The van der Waals surface area contributed by atoms with E-state index in [1.807, 2.05) is 0 Å². The van der Waals surface area contributed by atoms with Gasteiger partial charge in [0.05, 0.1) is 5.92 Å². The van der Waals surface area contributed by atoms with Crippen LogP contribution in [0.4, 0.5) is 0 Å². The van der Waals surface area contributed by atoms with Crippen molar-refractivity contribution >= 4 is 5.97 Å². The molecule has 2 heteroatoms. The Labute approximate surface area is 96.3 Å². The summed E-state index contributed by atoms with van der Waals surface area (Å²) in [7, 11) is 0. The lowest BCUT2D eigenvalue weighted by Gasteiger charge is -2.10. The highest BCUT2D eigenvalue weighted by Crippen LogP contribution is 2.42. The molecule has 0 saturated heterocycles. The highest BCUT2D eigenvalue weighted by Gasteiger charge is 2.43. The van der Waals surface area contributed by atoms with Gasteiger partial charge in [-0.1, -0.05) is 17.7 Å². The summed E-state index contributed by atoms with van der Waals surface area (Å²) in [5.41, 5.74) is 5.23. The summed E-state index contributed by atoms with van der Waals surface area (Å²) in [6, 6.07) is 4.36. The Morgan fingerprint density at radius 2 is 1.88 bits per heavy atom. The first kappa shape index (κ1) is 11.2. The van der Waals surface area contributed by atoms with Crippen molar-refractivity contribution in [1.29, 1.82) is 0 Å². The molecule has 1 aliphatic rings. The third-order valence-electron chi connectivity index (χ3n) is 3.55. The molecular weight excluding hydrogens is 200 g/mol. The Hall–Kier alpha value is -1.31. The van der Waals surface area contributed by atoms with E-state index in [2.05, 4.69) is 32.9 Å². The quantitative estimate of drug-likeness (QED) is 0.847. The molecule has 0 spiro atoms. The van der Waals surface area contributed by atoms with Crippen LogP contribution in [-0.2, 0) is 11.2 Å². The average Bonchev–Trinajstić information content (AvgIpc) is 2.90. The fourth-order valence-corrected chi connectivity index (χ4v) is 2.57. The maximum absolute atomic E-state index is 10.8. The van der Waals surface area contributed by atoms with Crippen LogP contribution in [0.25, 0.3) is 0 Å². The van der Waals surface area contributed by atoms with Gasteiger partial charge in [-0.3, -0.25) is 4.79 Å². The summed E-state index contributed by atoms with van der Waals surface area (Å²) in [4.78, 5) is 10.8. The number of carbonyl (C=O) groups is 1. The Balaban J connectivity index is 2.14. The molecule has 0 radical (unpaired) electrons. The molecular formula is C14H18O2. The molecule has 1 aromatic rings. The minimum Gasteiger partial charge on any atom is -0.481 e. The zero-order chi connectivity index (χ0) is 11.9. The van der Waals surface area contributed by atoms with Crippen molar-refractivity contribution in [3.05, 3.63) is 34.4 Å². The van der Waals surface area contributed by atoms with Crippen molar-refractivity contribution in [2.75, 3.05) is 0 Å². The van der Waals surface area contributed by atoms with Gasteiger partial charge in [-0.2, -0.15) is 0 Å². The molecule has 1 saturated carbocycles. The van der Waals surface area contributed by atoms with Crippen LogP contribution in [0.2, 0.25) is 0 Å². The summed E-state index contributed by atoms with van der Waals surface area (Å²) in [5.74, 6) is -0.370. The maximum atomic E-state index is 10.8. The van der Waals surface area contributed by atoms with Crippen LogP contribution in [0.15, 0.2) is 12.1 Å². The van der Waals surface area contributed by atoms with Gasteiger partial charge in [0.2, 0.25) is 0 Å². The molecule has 2 atom stereocenters. The molecule has 1 N–H and O–H groups in total. The smallest absolute Gasteiger partial charge is 0.306 e. The van der Waals surface area contributed by atoms with Crippen LogP contribution >= 0.6 is 0 Å². The Kier molecular flexibility index (Phi) is 2.75. The van der Waals surface area contributed by atoms with Crippen LogP contribution in [0.5, 0.6) is 0 Å². The predicted octanol–water partition coefficient (Wildman–Crippen LogP) is 2.88. The fraction of sp³-hybridized carbons (Fsp3) is 0.500. The predicted molar refractivity (Wildman–Crippen MR) is 63.6 cm³/mol. The lowest BCUT2D eigenvalue weighted by molar-refractivity contribution is -0.138. The molecule has 2 nitrogen and oxygen atoms in total. The van der Waals surface area contributed by atoms with E-state index >= 15 is 0 Å². The van der Waals surface area contributed by atoms with E-state index in [0.29, 0.717) is 5.92 Å². The van der Waals surface area contributed by atoms with E-state index in [-0.39, 0.29) is 5.92 Å². The molecule has 1 fully saturated rings.